The SMILES string of the molecule is COc1cccc(C[C@H](C(=O)Nc2cccc(OC)c2)c2nnn[n-]2)c1. The summed E-state index contributed by atoms with van der Waals surface area (Å²) in [6.45, 7) is 0. The highest BCUT2D eigenvalue weighted by Crippen LogP contribution is 2.23. The Morgan fingerprint density at radius 1 is 1.12 bits per heavy atom. The van der Waals surface area contributed by atoms with Crippen molar-refractivity contribution in [3.05, 3.63) is 59.9 Å². The number of hydrogen-bond donors (Lipinski definition) is 1. The van der Waals surface area contributed by atoms with Gasteiger partial charge in [0.05, 0.1) is 20.1 Å². The number of ether oxygens (including phenoxy) is 2. The van der Waals surface area contributed by atoms with Crippen molar-refractivity contribution >= 4 is 11.6 Å². The molecule has 3 aromatic rings. The molecule has 1 aromatic heterocycles. The molecule has 0 bridgehead atoms. The normalized spacial score (nSPS) is 11.6. The molecular weight excluding hydrogens is 334 g/mol. The smallest absolute Gasteiger partial charge is 0.232 e. The van der Waals surface area contributed by atoms with Crippen molar-refractivity contribution in [3.8, 4) is 11.5 Å². The highest BCUT2D eigenvalue weighted by molar-refractivity contribution is 5.95. The molecular formula is C18H18N5O3-. The first-order chi connectivity index (χ1) is 12.7. The number of nitrogens with zero attached hydrogens (tertiary/aromatic N) is 4. The fourth-order valence-corrected chi connectivity index (χ4v) is 2.56. The van der Waals surface area contributed by atoms with Gasteiger partial charge >= 0.3 is 0 Å². The van der Waals surface area contributed by atoms with Crippen LogP contribution in [0.15, 0.2) is 48.5 Å². The van der Waals surface area contributed by atoms with E-state index in [9.17, 15) is 4.79 Å². The van der Waals surface area contributed by atoms with Gasteiger partial charge in [0.1, 0.15) is 11.5 Å². The second-order valence-electron chi connectivity index (χ2n) is 5.57. The maximum atomic E-state index is 12.9. The van der Waals surface area contributed by atoms with E-state index >= 15 is 0 Å². The molecule has 0 saturated carbocycles. The first-order valence-corrected chi connectivity index (χ1v) is 7.96. The van der Waals surface area contributed by atoms with Crippen molar-refractivity contribution in [2.24, 2.45) is 0 Å². The number of methoxy groups -OCH3 is 2. The monoisotopic (exact) mass is 352 g/mol. The molecule has 1 amide bonds. The molecule has 0 radical (unpaired) electrons. The summed E-state index contributed by atoms with van der Waals surface area (Å²) in [6.07, 6.45) is 0.389. The van der Waals surface area contributed by atoms with Crippen LogP contribution in [0, 0.1) is 0 Å². The predicted octanol–water partition coefficient (Wildman–Crippen LogP) is 1.81. The third kappa shape index (κ3) is 4.15. The third-order valence-corrected chi connectivity index (χ3v) is 3.87. The van der Waals surface area contributed by atoms with Crippen molar-refractivity contribution in [3.63, 3.8) is 0 Å². The lowest BCUT2D eigenvalue weighted by atomic mass is 9.97. The Morgan fingerprint density at radius 3 is 2.54 bits per heavy atom. The Kier molecular flexibility index (Phi) is 5.43. The summed E-state index contributed by atoms with van der Waals surface area (Å²) in [5.74, 6) is 0.751. The topological polar surface area (TPSA) is 100 Å². The zero-order valence-corrected chi connectivity index (χ0v) is 14.4. The molecule has 3 rings (SSSR count). The van der Waals surface area contributed by atoms with Crippen LogP contribution in [-0.2, 0) is 11.2 Å². The Hall–Kier alpha value is -3.42. The number of benzene rings is 2. The Morgan fingerprint density at radius 2 is 1.85 bits per heavy atom. The average Bonchev–Trinajstić information content (AvgIpc) is 3.20. The third-order valence-electron chi connectivity index (χ3n) is 3.87. The summed E-state index contributed by atoms with van der Waals surface area (Å²) in [6, 6.07) is 14.6. The molecule has 0 aliphatic heterocycles. The summed E-state index contributed by atoms with van der Waals surface area (Å²) >= 11 is 0. The number of rotatable bonds is 7. The Labute approximate surface area is 150 Å². The molecule has 0 spiro atoms. The van der Waals surface area contributed by atoms with Gasteiger partial charge in [0.25, 0.3) is 0 Å². The van der Waals surface area contributed by atoms with Crippen molar-refractivity contribution in [2.75, 3.05) is 19.5 Å². The molecule has 8 nitrogen and oxygen atoms in total. The lowest BCUT2D eigenvalue weighted by molar-refractivity contribution is -0.117. The van der Waals surface area contributed by atoms with Gasteiger partial charge in [0.15, 0.2) is 0 Å². The van der Waals surface area contributed by atoms with Gasteiger partial charge < -0.3 is 19.9 Å². The molecule has 1 atom stereocenters. The summed E-state index contributed by atoms with van der Waals surface area (Å²) in [7, 11) is 3.17. The van der Waals surface area contributed by atoms with E-state index in [0.29, 0.717) is 23.6 Å². The molecule has 1 heterocycles. The number of carbonyl (C=O) groups excluding carboxylic acids is 1. The first-order valence-electron chi connectivity index (χ1n) is 7.96. The number of anilines is 1. The van der Waals surface area contributed by atoms with Gasteiger partial charge in [-0.2, -0.15) is 5.21 Å². The largest absolute Gasteiger partial charge is 0.497 e. The molecule has 2 aromatic carbocycles. The molecule has 0 aliphatic carbocycles. The van der Waals surface area contributed by atoms with E-state index in [1.807, 2.05) is 24.3 Å². The summed E-state index contributed by atoms with van der Waals surface area (Å²) in [4.78, 5) is 12.9. The van der Waals surface area contributed by atoms with E-state index in [2.05, 4.69) is 25.9 Å². The highest BCUT2D eigenvalue weighted by atomic mass is 16.5. The summed E-state index contributed by atoms with van der Waals surface area (Å²) < 4.78 is 10.4. The van der Waals surface area contributed by atoms with E-state index in [4.69, 9.17) is 9.47 Å². The van der Waals surface area contributed by atoms with Crippen LogP contribution in [-0.4, -0.2) is 35.7 Å². The predicted molar refractivity (Wildman–Crippen MR) is 94.2 cm³/mol. The van der Waals surface area contributed by atoms with Crippen LogP contribution in [0.4, 0.5) is 5.69 Å². The molecule has 0 unspecified atom stereocenters. The van der Waals surface area contributed by atoms with Crippen LogP contribution in [0.2, 0.25) is 0 Å². The number of tetrazole rings is 1. The van der Waals surface area contributed by atoms with E-state index in [0.717, 1.165) is 5.56 Å². The van der Waals surface area contributed by atoms with Crippen molar-refractivity contribution in [1.82, 2.24) is 20.6 Å². The van der Waals surface area contributed by atoms with Gasteiger partial charge in [-0.25, -0.2) is 0 Å². The Bertz CT molecular complexity index is 867. The van der Waals surface area contributed by atoms with Gasteiger partial charge in [0.2, 0.25) is 5.91 Å². The van der Waals surface area contributed by atoms with Crippen LogP contribution in [0.5, 0.6) is 11.5 Å². The minimum atomic E-state index is -0.636. The van der Waals surface area contributed by atoms with Crippen LogP contribution in [0.25, 0.3) is 0 Å². The molecule has 0 saturated heterocycles. The standard InChI is InChI=1S/C18H19N5O3/c1-25-14-7-3-5-12(9-14)10-16(17-20-22-23-21-17)18(24)19-13-6-4-8-15(11-13)26-2/h3-9,11,16H,10H2,1-2H3,(H2,19,20,21,22,23,24)/p-1/t16-/m0/s1. The van der Waals surface area contributed by atoms with E-state index in [1.165, 1.54) is 0 Å². The van der Waals surface area contributed by atoms with Crippen LogP contribution < -0.4 is 19.9 Å². The van der Waals surface area contributed by atoms with Crippen LogP contribution in [0.3, 0.4) is 0 Å². The molecule has 1 N–H and O–H groups in total. The highest BCUT2D eigenvalue weighted by Gasteiger charge is 2.21. The lowest BCUT2D eigenvalue weighted by Crippen LogP contribution is -2.24. The summed E-state index contributed by atoms with van der Waals surface area (Å²) in [5, 5.41) is 17.6. The number of carbonyl (C=O) groups is 1. The van der Waals surface area contributed by atoms with Gasteiger partial charge in [-0.3, -0.25) is 15.1 Å². The second-order valence-corrected chi connectivity index (χ2v) is 5.57. The van der Waals surface area contributed by atoms with Crippen molar-refractivity contribution in [2.45, 2.75) is 12.3 Å². The molecule has 134 valence electrons. The molecule has 8 heteroatoms. The first kappa shape index (κ1) is 17.4. The zero-order valence-electron chi connectivity index (χ0n) is 14.4. The molecule has 26 heavy (non-hydrogen) atoms. The zero-order chi connectivity index (χ0) is 18.4. The van der Waals surface area contributed by atoms with E-state index in [1.54, 1.807) is 38.5 Å². The Balaban J connectivity index is 1.82. The number of amides is 1. The van der Waals surface area contributed by atoms with Gasteiger partial charge in [-0.1, -0.05) is 18.2 Å². The number of aromatic nitrogens is 4. The lowest BCUT2D eigenvalue weighted by Gasteiger charge is -2.17. The minimum Gasteiger partial charge on any atom is -0.497 e. The van der Waals surface area contributed by atoms with E-state index in [-0.39, 0.29) is 11.7 Å². The van der Waals surface area contributed by atoms with Gasteiger partial charge in [0, 0.05) is 17.6 Å². The van der Waals surface area contributed by atoms with E-state index < -0.39 is 5.92 Å². The number of nitrogens with one attached hydrogen (secondary N) is 1. The fraction of sp³-hybridized carbons (Fsp3) is 0.222. The average molecular weight is 352 g/mol. The van der Waals surface area contributed by atoms with Crippen molar-refractivity contribution in [1.29, 1.82) is 0 Å². The van der Waals surface area contributed by atoms with Gasteiger partial charge in [-0.05, 0) is 36.2 Å². The minimum absolute atomic E-state index is 0.254. The second kappa shape index (κ2) is 8.11. The van der Waals surface area contributed by atoms with Crippen molar-refractivity contribution < 1.29 is 14.3 Å². The maximum absolute atomic E-state index is 12.9. The van der Waals surface area contributed by atoms with Crippen LogP contribution in [0.1, 0.15) is 17.3 Å². The quantitative estimate of drug-likeness (QED) is 0.692. The molecule has 0 aliphatic rings. The number of hydrogen-bond acceptors (Lipinski definition) is 6. The fourth-order valence-electron chi connectivity index (χ4n) is 2.56. The maximum Gasteiger partial charge on any atom is 0.232 e. The van der Waals surface area contributed by atoms with Gasteiger partial charge in [-0.15, -0.1) is 0 Å². The summed E-state index contributed by atoms with van der Waals surface area (Å²) in [5.41, 5.74) is 1.54. The van der Waals surface area contributed by atoms with Crippen LogP contribution >= 0.6 is 0 Å². The molecule has 0 fully saturated rings.